The monoisotopic (exact) mass is 326 g/mol. The van der Waals surface area contributed by atoms with Crippen LogP contribution in [0.25, 0.3) is 0 Å². The van der Waals surface area contributed by atoms with Crippen molar-refractivity contribution in [2.24, 2.45) is 5.92 Å². The molecule has 24 heavy (non-hydrogen) atoms. The molecule has 0 aromatic carbocycles. The number of pyridine rings is 1. The number of hydrogen-bond donors (Lipinski definition) is 0. The number of piperidine rings is 1. The molecule has 2 amide bonds. The van der Waals surface area contributed by atoms with Crippen molar-refractivity contribution >= 4 is 17.6 Å². The molecule has 2 atom stereocenters. The Balaban J connectivity index is 1.35. The molecule has 0 bridgehead atoms. The Morgan fingerprint density at radius 3 is 2.62 bits per heavy atom. The molecule has 6 nitrogen and oxygen atoms in total. The van der Waals surface area contributed by atoms with E-state index >= 15 is 0 Å². The fourth-order valence-electron chi connectivity index (χ4n) is 4.03. The molecule has 1 aromatic heterocycles. The van der Waals surface area contributed by atoms with E-state index in [-0.39, 0.29) is 11.8 Å². The van der Waals surface area contributed by atoms with Crippen LogP contribution < -0.4 is 4.90 Å². The van der Waals surface area contributed by atoms with Crippen LogP contribution in [-0.4, -0.2) is 65.4 Å². The molecule has 1 aromatic rings. The topological polar surface area (TPSA) is 56.8 Å². The highest BCUT2D eigenvalue weighted by Gasteiger charge is 2.35. The number of aromatic nitrogens is 1. The van der Waals surface area contributed by atoms with Gasteiger partial charge in [0, 0.05) is 57.1 Å². The van der Waals surface area contributed by atoms with Gasteiger partial charge >= 0.3 is 0 Å². The molecule has 2 fully saturated rings. The Morgan fingerprint density at radius 2 is 1.88 bits per heavy atom. The largest absolute Gasteiger partial charge is 0.354 e. The molecule has 0 radical (unpaired) electrons. The first-order valence-electron chi connectivity index (χ1n) is 8.64. The van der Waals surface area contributed by atoms with Crippen LogP contribution >= 0.6 is 0 Å². The highest BCUT2D eigenvalue weighted by Crippen LogP contribution is 2.27. The first-order chi connectivity index (χ1) is 11.7. The maximum Gasteiger partial charge on any atom is 0.253 e. The molecule has 0 spiro atoms. The van der Waals surface area contributed by atoms with Crippen molar-refractivity contribution in [3.05, 3.63) is 36.5 Å². The van der Waals surface area contributed by atoms with Crippen molar-refractivity contribution in [1.82, 2.24) is 14.8 Å². The lowest BCUT2D eigenvalue weighted by Gasteiger charge is -2.47. The zero-order valence-electron chi connectivity index (χ0n) is 13.7. The van der Waals surface area contributed by atoms with Gasteiger partial charge in [0.15, 0.2) is 0 Å². The van der Waals surface area contributed by atoms with Gasteiger partial charge in [-0.3, -0.25) is 19.4 Å². The van der Waals surface area contributed by atoms with Crippen molar-refractivity contribution in [3.8, 4) is 0 Å². The summed E-state index contributed by atoms with van der Waals surface area (Å²) >= 11 is 0. The Bertz CT molecular complexity index is 642. The number of imide groups is 1. The summed E-state index contributed by atoms with van der Waals surface area (Å²) in [5.41, 5.74) is 0. The van der Waals surface area contributed by atoms with Crippen molar-refractivity contribution in [2.75, 3.05) is 37.6 Å². The number of carbonyl (C=O) groups is 2. The van der Waals surface area contributed by atoms with Gasteiger partial charge in [-0.15, -0.1) is 0 Å². The molecule has 4 heterocycles. The van der Waals surface area contributed by atoms with Crippen molar-refractivity contribution < 1.29 is 9.59 Å². The minimum atomic E-state index is -0.165. The number of amides is 2. The maximum atomic E-state index is 11.7. The molecular formula is C18H22N4O2. The summed E-state index contributed by atoms with van der Waals surface area (Å²) in [4.78, 5) is 34.2. The summed E-state index contributed by atoms with van der Waals surface area (Å²) in [6, 6.07) is 6.59. The van der Waals surface area contributed by atoms with Crippen molar-refractivity contribution in [3.63, 3.8) is 0 Å². The molecule has 0 N–H and O–H groups in total. The van der Waals surface area contributed by atoms with Crippen LogP contribution in [0.1, 0.15) is 12.8 Å². The van der Waals surface area contributed by atoms with Crippen molar-refractivity contribution in [2.45, 2.75) is 18.9 Å². The molecular weight excluding hydrogens is 304 g/mol. The van der Waals surface area contributed by atoms with Crippen LogP contribution in [0.3, 0.4) is 0 Å². The quantitative estimate of drug-likeness (QED) is 0.773. The van der Waals surface area contributed by atoms with E-state index in [2.05, 4.69) is 20.9 Å². The smallest absolute Gasteiger partial charge is 0.253 e. The van der Waals surface area contributed by atoms with E-state index in [0.29, 0.717) is 18.5 Å². The first-order valence-corrected chi connectivity index (χ1v) is 8.64. The number of fused-ring (bicyclic) bond motifs is 1. The third-order valence-corrected chi connectivity index (χ3v) is 5.32. The van der Waals surface area contributed by atoms with Gasteiger partial charge in [-0.2, -0.15) is 0 Å². The van der Waals surface area contributed by atoms with Gasteiger partial charge in [-0.05, 0) is 30.9 Å². The fraction of sp³-hybridized carbons (Fsp3) is 0.500. The van der Waals surface area contributed by atoms with Crippen molar-refractivity contribution in [1.29, 1.82) is 0 Å². The van der Waals surface area contributed by atoms with Crippen LogP contribution in [0.4, 0.5) is 5.82 Å². The fourth-order valence-corrected chi connectivity index (χ4v) is 4.03. The first kappa shape index (κ1) is 15.3. The standard InChI is InChI=1S/C18H22N4O2/c23-17-6-7-18(24)22(17)12-14-4-5-15-13-21(10-9-20(15)11-14)16-3-1-2-8-19-16/h1-3,6-8,14-15H,4-5,9-13H2/t14-,15-/m0/s1. The summed E-state index contributed by atoms with van der Waals surface area (Å²) in [6.07, 6.45) is 6.77. The van der Waals surface area contributed by atoms with Gasteiger partial charge in [0.05, 0.1) is 0 Å². The van der Waals surface area contributed by atoms with Crippen LogP contribution in [0, 0.1) is 5.92 Å². The molecule has 2 saturated heterocycles. The number of piperazine rings is 1. The van der Waals surface area contributed by atoms with Gasteiger partial charge in [-0.25, -0.2) is 4.98 Å². The van der Waals surface area contributed by atoms with Crippen LogP contribution in [0.15, 0.2) is 36.5 Å². The number of nitrogens with zero attached hydrogens (tertiary/aromatic N) is 4. The van der Waals surface area contributed by atoms with Crippen LogP contribution in [0.2, 0.25) is 0 Å². The summed E-state index contributed by atoms with van der Waals surface area (Å²) in [5.74, 6) is 1.11. The lowest BCUT2D eigenvalue weighted by atomic mass is 9.90. The maximum absolute atomic E-state index is 11.7. The number of anilines is 1. The predicted octanol–water partition coefficient (Wildman–Crippen LogP) is 0.907. The zero-order chi connectivity index (χ0) is 16.5. The lowest BCUT2D eigenvalue weighted by molar-refractivity contribution is -0.137. The summed E-state index contributed by atoms with van der Waals surface area (Å²) in [5, 5.41) is 0. The SMILES string of the molecule is O=C1C=CC(=O)N1C[C@H]1CC[C@H]2CN(c3ccccn3)CCN2C1. The molecule has 6 heteroatoms. The highest BCUT2D eigenvalue weighted by atomic mass is 16.2. The number of hydrogen-bond acceptors (Lipinski definition) is 5. The van der Waals surface area contributed by atoms with Crippen LogP contribution in [-0.2, 0) is 9.59 Å². The van der Waals surface area contributed by atoms with E-state index in [1.165, 1.54) is 17.1 Å². The molecule has 126 valence electrons. The van der Waals surface area contributed by atoms with E-state index < -0.39 is 0 Å². The minimum absolute atomic E-state index is 0.165. The molecule has 0 unspecified atom stereocenters. The van der Waals surface area contributed by atoms with E-state index in [0.717, 1.165) is 44.8 Å². The average molecular weight is 326 g/mol. The van der Waals surface area contributed by atoms with Crippen LogP contribution in [0.5, 0.6) is 0 Å². The third kappa shape index (κ3) is 2.94. The van der Waals surface area contributed by atoms with E-state index in [1.807, 2.05) is 18.3 Å². The molecule has 3 aliphatic heterocycles. The molecule has 0 aliphatic carbocycles. The second-order valence-corrected chi connectivity index (χ2v) is 6.85. The second-order valence-electron chi connectivity index (χ2n) is 6.85. The Labute approximate surface area is 141 Å². The average Bonchev–Trinajstić information content (AvgIpc) is 2.94. The van der Waals surface area contributed by atoms with E-state index in [4.69, 9.17) is 0 Å². The van der Waals surface area contributed by atoms with E-state index in [1.54, 1.807) is 0 Å². The zero-order valence-corrected chi connectivity index (χ0v) is 13.7. The Morgan fingerprint density at radius 1 is 1.04 bits per heavy atom. The molecule has 3 aliphatic rings. The summed E-state index contributed by atoms with van der Waals surface area (Å²) < 4.78 is 0. The summed E-state index contributed by atoms with van der Waals surface area (Å²) in [6.45, 7) is 4.52. The highest BCUT2D eigenvalue weighted by molar-refractivity contribution is 6.12. The minimum Gasteiger partial charge on any atom is -0.354 e. The molecule has 0 saturated carbocycles. The Hall–Kier alpha value is -2.21. The lowest BCUT2D eigenvalue weighted by Crippen LogP contribution is -2.57. The molecule has 4 rings (SSSR count). The van der Waals surface area contributed by atoms with Gasteiger partial charge in [0.25, 0.3) is 11.8 Å². The van der Waals surface area contributed by atoms with Gasteiger partial charge in [0.2, 0.25) is 0 Å². The van der Waals surface area contributed by atoms with E-state index in [9.17, 15) is 9.59 Å². The predicted molar refractivity (Wildman–Crippen MR) is 90.4 cm³/mol. The Kier molecular flexibility index (Phi) is 4.06. The van der Waals surface area contributed by atoms with Gasteiger partial charge in [-0.1, -0.05) is 6.07 Å². The normalized spacial score (nSPS) is 27.7. The van der Waals surface area contributed by atoms with Gasteiger partial charge < -0.3 is 4.90 Å². The second kappa shape index (κ2) is 6.36. The third-order valence-electron chi connectivity index (χ3n) is 5.32. The number of carbonyl (C=O) groups excluding carboxylic acids is 2. The summed E-state index contributed by atoms with van der Waals surface area (Å²) in [7, 11) is 0. The van der Waals surface area contributed by atoms with Gasteiger partial charge in [0.1, 0.15) is 5.82 Å². The number of rotatable bonds is 3.